The topological polar surface area (TPSA) is 64.6 Å². The summed E-state index contributed by atoms with van der Waals surface area (Å²) in [5, 5.41) is 2.03. The Morgan fingerprint density at radius 3 is 2.20 bits per heavy atom. The lowest BCUT2D eigenvalue weighted by atomic mass is 10.2. The van der Waals surface area contributed by atoms with Gasteiger partial charge in [0.2, 0.25) is 0 Å². The van der Waals surface area contributed by atoms with E-state index in [0.717, 1.165) is 12.1 Å². The van der Waals surface area contributed by atoms with Crippen molar-refractivity contribution in [1.29, 1.82) is 0 Å². The molecule has 1 amide bonds. The number of nitrogens with one attached hydrogen (secondary N) is 1. The third kappa shape index (κ3) is 5.27. The van der Waals surface area contributed by atoms with Crippen LogP contribution in [0.5, 0.6) is 5.75 Å². The van der Waals surface area contributed by atoms with E-state index in [0.29, 0.717) is 5.75 Å². The zero-order valence-electron chi connectivity index (χ0n) is 13.7. The summed E-state index contributed by atoms with van der Waals surface area (Å²) in [6.45, 7) is 3.08. The molecule has 0 aliphatic carbocycles. The third-order valence-electron chi connectivity index (χ3n) is 3.02. The molecule has 0 bridgehead atoms. The summed E-state index contributed by atoms with van der Waals surface area (Å²) in [5.74, 6) is -2.82. The standard InChI is InChI=1S/C18H17F2NO4/c1-11(2)25-13-8-6-12(7-9-13)18(23)24-10-16(22)21-17-14(19)4-3-5-15(17)20/h3-9,11H,10H2,1-2H3,(H,21,22). The van der Waals surface area contributed by atoms with Crippen molar-refractivity contribution in [3.05, 3.63) is 59.7 Å². The van der Waals surface area contributed by atoms with Crippen molar-refractivity contribution in [3.63, 3.8) is 0 Å². The van der Waals surface area contributed by atoms with Gasteiger partial charge in [-0.1, -0.05) is 6.07 Å². The van der Waals surface area contributed by atoms with Gasteiger partial charge in [-0.3, -0.25) is 4.79 Å². The lowest BCUT2D eigenvalue weighted by Crippen LogP contribution is -2.22. The largest absolute Gasteiger partial charge is 0.491 e. The number of benzene rings is 2. The fourth-order valence-corrected chi connectivity index (χ4v) is 1.95. The van der Waals surface area contributed by atoms with Crippen LogP contribution in [0.4, 0.5) is 14.5 Å². The monoisotopic (exact) mass is 349 g/mol. The molecule has 0 saturated carbocycles. The van der Waals surface area contributed by atoms with Crippen LogP contribution >= 0.6 is 0 Å². The van der Waals surface area contributed by atoms with Crippen molar-refractivity contribution in [2.45, 2.75) is 20.0 Å². The van der Waals surface area contributed by atoms with Crippen molar-refractivity contribution < 1.29 is 27.8 Å². The number of carbonyl (C=O) groups excluding carboxylic acids is 2. The van der Waals surface area contributed by atoms with E-state index in [1.165, 1.54) is 18.2 Å². The predicted octanol–water partition coefficient (Wildman–Crippen LogP) is 3.55. The van der Waals surface area contributed by atoms with Gasteiger partial charge in [0.25, 0.3) is 5.91 Å². The Labute approximate surface area is 143 Å². The minimum atomic E-state index is -0.916. The van der Waals surface area contributed by atoms with Crippen LogP contribution in [0.15, 0.2) is 42.5 Å². The second kappa shape index (κ2) is 8.23. The van der Waals surface area contributed by atoms with Crippen LogP contribution in [0.1, 0.15) is 24.2 Å². The predicted molar refractivity (Wildman–Crippen MR) is 87.5 cm³/mol. The molecule has 0 radical (unpaired) electrons. The molecule has 5 nitrogen and oxygen atoms in total. The molecule has 0 aromatic heterocycles. The smallest absolute Gasteiger partial charge is 0.338 e. The van der Waals surface area contributed by atoms with Gasteiger partial charge in [-0.25, -0.2) is 13.6 Å². The second-order valence-corrected chi connectivity index (χ2v) is 5.41. The van der Waals surface area contributed by atoms with E-state index in [2.05, 4.69) is 0 Å². The number of esters is 1. The molecule has 0 aliphatic heterocycles. The van der Waals surface area contributed by atoms with E-state index < -0.39 is 35.8 Å². The Morgan fingerprint density at radius 1 is 1.04 bits per heavy atom. The normalized spacial score (nSPS) is 10.4. The fourth-order valence-electron chi connectivity index (χ4n) is 1.95. The zero-order valence-corrected chi connectivity index (χ0v) is 13.7. The Morgan fingerprint density at radius 2 is 1.64 bits per heavy atom. The van der Waals surface area contributed by atoms with Gasteiger partial charge in [-0.15, -0.1) is 0 Å². The molecule has 2 rings (SSSR count). The maximum Gasteiger partial charge on any atom is 0.338 e. The van der Waals surface area contributed by atoms with Gasteiger partial charge in [0.15, 0.2) is 6.61 Å². The SMILES string of the molecule is CC(C)Oc1ccc(C(=O)OCC(=O)Nc2c(F)cccc2F)cc1. The molecular weight excluding hydrogens is 332 g/mol. The van der Waals surface area contributed by atoms with Crippen molar-refractivity contribution in [2.24, 2.45) is 0 Å². The summed E-state index contributed by atoms with van der Waals surface area (Å²) in [4.78, 5) is 23.6. The second-order valence-electron chi connectivity index (χ2n) is 5.41. The van der Waals surface area contributed by atoms with Crippen LogP contribution in [0, 0.1) is 11.6 Å². The number of carbonyl (C=O) groups is 2. The van der Waals surface area contributed by atoms with Crippen LogP contribution in [0.25, 0.3) is 0 Å². The lowest BCUT2D eigenvalue weighted by molar-refractivity contribution is -0.119. The summed E-state index contributed by atoms with van der Waals surface area (Å²) < 4.78 is 37.1. The summed E-state index contributed by atoms with van der Waals surface area (Å²) in [7, 11) is 0. The highest BCUT2D eigenvalue weighted by atomic mass is 19.1. The number of anilines is 1. The highest BCUT2D eigenvalue weighted by Gasteiger charge is 2.14. The van der Waals surface area contributed by atoms with Gasteiger partial charge in [0.1, 0.15) is 23.1 Å². The van der Waals surface area contributed by atoms with E-state index in [1.807, 2.05) is 19.2 Å². The first-order valence-electron chi connectivity index (χ1n) is 7.54. The van der Waals surface area contributed by atoms with Crippen molar-refractivity contribution >= 4 is 17.6 Å². The molecule has 0 unspecified atom stereocenters. The first-order valence-corrected chi connectivity index (χ1v) is 7.54. The summed E-state index contributed by atoms with van der Waals surface area (Å²) in [5.41, 5.74) is -0.361. The number of halogens is 2. The first-order chi connectivity index (χ1) is 11.9. The highest BCUT2D eigenvalue weighted by Crippen LogP contribution is 2.18. The van der Waals surface area contributed by atoms with Crippen LogP contribution in [0.2, 0.25) is 0 Å². The Bertz CT molecular complexity index is 740. The van der Waals surface area contributed by atoms with Crippen molar-refractivity contribution in [3.8, 4) is 5.75 Å². The Kier molecular flexibility index (Phi) is 6.05. The average Bonchev–Trinajstić information content (AvgIpc) is 2.56. The molecule has 1 N–H and O–H groups in total. The third-order valence-corrected chi connectivity index (χ3v) is 3.02. The maximum absolute atomic E-state index is 13.4. The van der Waals surface area contributed by atoms with E-state index in [9.17, 15) is 18.4 Å². The Balaban J connectivity index is 1.90. The minimum Gasteiger partial charge on any atom is -0.491 e. The van der Waals surface area contributed by atoms with Crippen molar-refractivity contribution in [1.82, 2.24) is 0 Å². The average molecular weight is 349 g/mol. The minimum absolute atomic E-state index is 0.000255. The molecule has 0 aliphatic rings. The molecule has 2 aromatic rings. The molecule has 132 valence electrons. The van der Waals surface area contributed by atoms with E-state index in [4.69, 9.17) is 9.47 Å². The summed E-state index contributed by atoms with van der Waals surface area (Å²) >= 11 is 0. The van der Waals surface area contributed by atoms with Crippen molar-refractivity contribution in [2.75, 3.05) is 11.9 Å². The van der Waals surface area contributed by atoms with E-state index in [-0.39, 0.29) is 11.7 Å². The summed E-state index contributed by atoms with van der Waals surface area (Å²) in [6.07, 6.45) is 0.000255. The molecule has 0 saturated heterocycles. The summed E-state index contributed by atoms with van der Waals surface area (Å²) in [6, 6.07) is 9.38. The number of rotatable bonds is 6. The van der Waals surface area contributed by atoms with Crippen LogP contribution in [-0.4, -0.2) is 24.6 Å². The number of amides is 1. The molecule has 0 heterocycles. The number of hydrogen-bond donors (Lipinski definition) is 1. The van der Waals surface area contributed by atoms with Gasteiger partial charge in [-0.05, 0) is 50.2 Å². The van der Waals surface area contributed by atoms with Gasteiger partial charge in [0.05, 0.1) is 11.7 Å². The van der Waals surface area contributed by atoms with Crippen LogP contribution < -0.4 is 10.1 Å². The highest BCUT2D eigenvalue weighted by molar-refractivity contribution is 5.95. The van der Waals surface area contributed by atoms with E-state index in [1.54, 1.807) is 12.1 Å². The maximum atomic E-state index is 13.4. The number of para-hydroxylation sites is 1. The lowest BCUT2D eigenvalue weighted by Gasteiger charge is -2.10. The molecule has 0 atom stereocenters. The zero-order chi connectivity index (χ0) is 18.4. The van der Waals surface area contributed by atoms with Crippen LogP contribution in [0.3, 0.4) is 0 Å². The molecule has 2 aromatic carbocycles. The molecule has 0 fully saturated rings. The Hall–Kier alpha value is -2.96. The number of ether oxygens (including phenoxy) is 2. The molecule has 7 heteroatoms. The van der Waals surface area contributed by atoms with Gasteiger partial charge in [0, 0.05) is 0 Å². The quantitative estimate of drug-likeness (QED) is 0.810. The number of hydrogen-bond acceptors (Lipinski definition) is 4. The molecular formula is C18H17F2NO4. The first kappa shape index (κ1) is 18.4. The van der Waals surface area contributed by atoms with E-state index >= 15 is 0 Å². The van der Waals surface area contributed by atoms with Gasteiger partial charge < -0.3 is 14.8 Å². The van der Waals surface area contributed by atoms with Gasteiger partial charge in [-0.2, -0.15) is 0 Å². The fraction of sp³-hybridized carbons (Fsp3) is 0.222. The van der Waals surface area contributed by atoms with Crippen LogP contribution in [-0.2, 0) is 9.53 Å². The molecule has 25 heavy (non-hydrogen) atoms. The van der Waals surface area contributed by atoms with Gasteiger partial charge >= 0.3 is 5.97 Å². The molecule has 0 spiro atoms.